The van der Waals surface area contributed by atoms with E-state index in [1.807, 2.05) is 12.2 Å². The number of aliphatic hydroxyl groups excluding tert-OH is 1. The summed E-state index contributed by atoms with van der Waals surface area (Å²) in [6, 6.07) is 4.44. The molecule has 0 aliphatic heterocycles. The van der Waals surface area contributed by atoms with E-state index >= 15 is 0 Å². The highest BCUT2D eigenvalue weighted by Gasteiger charge is 2.30. The average Bonchev–Trinajstić information content (AvgIpc) is 3.03. The van der Waals surface area contributed by atoms with Crippen LogP contribution in [0.25, 0.3) is 0 Å². The van der Waals surface area contributed by atoms with Gasteiger partial charge < -0.3 is 15.2 Å². The molecule has 0 fully saturated rings. The lowest BCUT2D eigenvalue weighted by atomic mass is 10.1. The Morgan fingerprint density at radius 2 is 2.21 bits per heavy atom. The number of hydrogen-bond donors (Lipinski definition) is 2. The molecule has 0 aromatic heterocycles. The summed E-state index contributed by atoms with van der Waals surface area (Å²) in [6.07, 6.45) is 0.906. The molecule has 0 unspecified atom stereocenters. The summed E-state index contributed by atoms with van der Waals surface area (Å²) in [5, 5.41) is 12.4. The molecule has 0 heterocycles. The molecule has 1 aromatic carbocycles. The first-order valence-corrected chi connectivity index (χ1v) is 7.76. The third-order valence-electron chi connectivity index (χ3n) is 3.70. The van der Waals surface area contributed by atoms with Gasteiger partial charge in [-0.3, -0.25) is 4.79 Å². The molecule has 0 saturated heterocycles. The fourth-order valence-electron chi connectivity index (χ4n) is 2.42. The number of nitrogens with one attached hydrogen (secondary N) is 1. The second-order valence-corrected chi connectivity index (χ2v) is 5.76. The summed E-state index contributed by atoms with van der Waals surface area (Å²) in [5.74, 6) is 0.0967. The molecule has 1 aromatic rings. The van der Waals surface area contributed by atoms with Gasteiger partial charge in [-0.05, 0) is 37.0 Å². The molecule has 24 heavy (non-hydrogen) atoms. The lowest BCUT2D eigenvalue weighted by molar-refractivity contribution is -0.137. The van der Waals surface area contributed by atoms with E-state index in [9.17, 15) is 23.1 Å². The van der Waals surface area contributed by atoms with Gasteiger partial charge in [-0.25, -0.2) is 0 Å². The van der Waals surface area contributed by atoms with Crippen molar-refractivity contribution in [3.8, 4) is 5.75 Å². The predicted molar refractivity (Wildman–Crippen MR) is 82.4 cm³/mol. The molecule has 2 atom stereocenters. The summed E-state index contributed by atoms with van der Waals surface area (Å²) in [7, 11) is 0. The molecule has 0 saturated carbocycles. The van der Waals surface area contributed by atoms with Crippen LogP contribution >= 0.6 is 0 Å². The molecule has 1 amide bonds. The van der Waals surface area contributed by atoms with E-state index in [2.05, 4.69) is 5.32 Å². The van der Waals surface area contributed by atoms with Crippen LogP contribution in [0, 0.1) is 5.92 Å². The highest BCUT2D eigenvalue weighted by atomic mass is 19.4. The number of aliphatic hydroxyl groups is 1. The maximum absolute atomic E-state index is 12.6. The van der Waals surface area contributed by atoms with Gasteiger partial charge in [0.15, 0.2) is 0 Å². The molecule has 4 nitrogen and oxygen atoms in total. The maximum Gasteiger partial charge on any atom is 0.416 e. The second kappa shape index (κ2) is 8.19. The summed E-state index contributed by atoms with van der Waals surface area (Å²) >= 11 is 0. The van der Waals surface area contributed by atoms with Crippen LogP contribution in [0.2, 0.25) is 0 Å². The molecule has 0 bridgehead atoms. The number of amides is 1. The third-order valence-corrected chi connectivity index (χ3v) is 3.70. The Balaban J connectivity index is 1.72. The van der Waals surface area contributed by atoms with Crippen molar-refractivity contribution in [1.82, 2.24) is 5.32 Å². The van der Waals surface area contributed by atoms with Gasteiger partial charge in [0.05, 0.1) is 5.56 Å². The molecule has 2 rings (SSSR count). The first-order valence-electron chi connectivity index (χ1n) is 7.76. The number of hydrogen-bond acceptors (Lipinski definition) is 3. The molecular weight excluding hydrogens is 323 g/mol. The Bertz CT molecular complexity index is 587. The first-order chi connectivity index (χ1) is 11.3. The van der Waals surface area contributed by atoms with Gasteiger partial charge in [-0.15, -0.1) is 0 Å². The smallest absolute Gasteiger partial charge is 0.416 e. The van der Waals surface area contributed by atoms with Crippen molar-refractivity contribution >= 4 is 5.91 Å². The number of rotatable bonds is 7. The lowest BCUT2D eigenvalue weighted by Gasteiger charge is -2.15. The van der Waals surface area contributed by atoms with E-state index in [-0.39, 0.29) is 30.7 Å². The van der Waals surface area contributed by atoms with Gasteiger partial charge >= 0.3 is 6.18 Å². The van der Waals surface area contributed by atoms with Gasteiger partial charge in [0.25, 0.3) is 0 Å². The molecule has 1 aliphatic carbocycles. The standard InChI is InChI=1S/C17H20F3NO3/c18-17(19,20)13-6-3-7-15(9-13)24-11-14(22)10-21-16(23)8-12-4-1-2-5-12/h1,3-4,6-7,9,12,14,22H,2,5,8,10-11H2,(H,21,23)/t12-,14-/m0/s1. The zero-order chi connectivity index (χ0) is 17.6. The fraction of sp³-hybridized carbons (Fsp3) is 0.471. The Morgan fingerprint density at radius 1 is 1.42 bits per heavy atom. The van der Waals surface area contributed by atoms with Crippen molar-refractivity contribution in [2.45, 2.75) is 31.5 Å². The minimum absolute atomic E-state index is 0.00573. The quantitative estimate of drug-likeness (QED) is 0.749. The normalized spacial score (nSPS) is 18.4. The molecule has 0 radical (unpaired) electrons. The van der Waals surface area contributed by atoms with E-state index in [1.165, 1.54) is 12.1 Å². The lowest BCUT2D eigenvalue weighted by Crippen LogP contribution is -2.35. The summed E-state index contributed by atoms with van der Waals surface area (Å²) in [6.45, 7) is -0.209. The molecule has 2 N–H and O–H groups in total. The molecule has 1 aliphatic rings. The molecule has 0 spiro atoms. The van der Waals surface area contributed by atoms with E-state index < -0.39 is 17.8 Å². The second-order valence-electron chi connectivity index (χ2n) is 5.76. The number of allylic oxidation sites excluding steroid dienone is 2. The van der Waals surface area contributed by atoms with Crippen LogP contribution in [0.3, 0.4) is 0 Å². The minimum atomic E-state index is -4.44. The highest BCUT2D eigenvalue weighted by Crippen LogP contribution is 2.31. The number of carbonyl (C=O) groups is 1. The van der Waals surface area contributed by atoms with Gasteiger partial charge in [-0.2, -0.15) is 13.2 Å². The molecule has 7 heteroatoms. The van der Waals surface area contributed by atoms with Crippen molar-refractivity contribution in [3.63, 3.8) is 0 Å². The van der Waals surface area contributed by atoms with Crippen LogP contribution in [0.4, 0.5) is 13.2 Å². The van der Waals surface area contributed by atoms with Gasteiger partial charge in [0.1, 0.15) is 18.5 Å². The van der Waals surface area contributed by atoms with E-state index in [4.69, 9.17) is 4.74 Å². The van der Waals surface area contributed by atoms with Crippen LogP contribution < -0.4 is 10.1 Å². The third kappa shape index (κ3) is 5.88. The van der Waals surface area contributed by atoms with Crippen LogP contribution in [0.15, 0.2) is 36.4 Å². The van der Waals surface area contributed by atoms with Crippen LogP contribution in [-0.4, -0.2) is 30.3 Å². The van der Waals surface area contributed by atoms with E-state index in [0.29, 0.717) is 6.42 Å². The summed E-state index contributed by atoms with van der Waals surface area (Å²) in [4.78, 5) is 11.7. The number of ether oxygens (including phenoxy) is 1. The minimum Gasteiger partial charge on any atom is -0.491 e. The van der Waals surface area contributed by atoms with Crippen LogP contribution in [-0.2, 0) is 11.0 Å². The first kappa shape index (κ1) is 18.3. The van der Waals surface area contributed by atoms with Crippen LogP contribution in [0.1, 0.15) is 24.8 Å². The Labute approximate surface area is 138 Å². The van der Waals surface area contributed by atoms with Crippen LogP contribution in [0.5, 0.6) is 5.75 Å². The SMILES string of the molecule is O=C(C[C@H]1C=CCC1)NC[C@H](O)COc1cccc(C(F)(F)F)c1. The Morgan fingerprint density at radius 3 is 2.88 bits per heavy atom. The zero-order valence-electron chi connectivity index (χ0n) is 13.1. The van der Waals surface area contributed by atoms with Crippen molar-refractivity contribution in [1.29, 1.82) is 0 Å². The average molecular weight is 343 g/mol. The zero-order valence-corrected chi connectivity index (χ0v) is 13.1. The van der Waals surface area contributed by atoms with Crippen molar-refractivity contribution < 1.29 is 27.8 Å². The predicted octanol–water partition coefficient (Wildman–Crippen LogP) is 2.92. The number of carbonyl (C=O) groups excluding carboxylic acids is 1. The molecular formula is C17H20F3NO3. The van der Waals surface area contributed by atoms with Gasteiger partial charge in [-0.1, -0.05) is 18.2 Å². The van der Waals surface area contributed by atoms with Gasteiger partial charge in [0, 0.05) is 13.0 Å². The number of halogens is 3. The van der Waals surface area contributed by atoms with E-state index in [1.54, 1.807) is 0 Å². The highest BCUT2D eigenvalue weighted by molar-refractivity contribution is 5.76. The maximum atomic E-state index is 12.6. The van der Waals surface area contributed by atoms with Crippen molar-refractivity contribution in [3.05, 3.63) is 42.0 Å². The van der Waals surface area contributed by atoms with Crippen molar-refractivity contribution in [2.24, 2.45) is 5.92 Å². The fourth-order valence-corrected chi connectivity index (χ4v) is 2.42. The topological polar surface area (TPSA) is 58.6 Å². The Hall–Kier alpha value is -2.02. The molecule has 132 valence electrons. The summed E-state index contributed by atoms with van der Waals surface area (Å²) in [5.41, 5.74) is -0.813. The van der Waals surface area contributed by atoms with E-state index in [0.717, 1.165) is 25.0 Å². The largest absolute Gasteiger partial charge is 0.491 e. The van der Waals surface area contributed by atoms with Gasteiger partial charge in [0.2, 0.25) is 5.91 Å². The number of benzene rings is 1. The Kier molecular flexibility index (Phi) is 6.25. The van der Waals surface area contributed by atoms with Crippen molar-refractivity contribution in [2.75, 3.05) is 13.2 Å². The number of alkyl halides is 3. The monoisotopic (exact) mass is 343 g/mol. The summed E-state index contributed by atoms with van der Waals surface area (Å²) < 4.78 is 42.9.